The van der Waals surface area contributed by atoms with Crippen LogP contribution in [0.5, 0.6) is 5.75 Å². The largest absolute Gasteiger partial charge is 0.481 e. The Hall–Kier alpha value is -1.63. The van der Waals surface area contributed by atoms with Crippen LogP contribution in [-0.4, -0.2) is 41.1 Å². The molecule has 0 bridgehead atoms. The van der Waals surface area contributed by atoms with Gasteiger partial charge < -0.3 is 14.7 Å². The molecule has 1 saturated heterocycles. The molecule has 0 aliphatic carbocycles. The predicted molar refractivity (Wildman–Crippen MR) is 76.5 cm³/mol. The van der Waals surface area contributed by atoms with Crippen molar-refractivity contribution in [3.8, 4) is 5.75 Å². The smallest absolute Gasteiger partial charge is 0.326 e. The van der Waals surface area contributed by atoms with Crippen molar-refractivity contribution in [3.63, 3.8) is 0 Å². The first-order valence-electron chi connectivity index (χ1n) is 6.50. The summed E-state index contributed by atoms with van der Waals surface area (Å²) >= 11 is 3.12. The number of nitrogens with zero attached hydrogens (tertiary/aromatic N) is 1. The second-order valence-corrected chi connectivity index (χ2v) is 5.92. The molecule has 2 unspecified atom stereocenters. The van der Waals surface area contributed by atoms with E-state index < -0.39 is 23.7 Å². The molecule has 2 atom stereocenters. The predicted octanol–water partition coefficient (Wildman–Crippen LogP) is 2.29. The van der Waals surface area contributed by atoms with Crippen LogP contribution < -0.4 is 4.74 Å². The molecule has 0 radical (unpaired) electrons. The summed E-state index contributed by atoms with van der Waals surface area (Å²) in [7, 11) is 0. The fraction of sp³-hybridized carbons (Fsp3) is 0.429. The van der Waals surface area contributed by atoms with Crippen LogP contribution in [0.1, 0.15) is 13.3 Å². The van der Waals surface area contributed by atoms with Gasteiger partial charge in [0.05, 0.1) is 0 Å². The Labute approximate surface area is 129 Å². The maximum atomic E-state index is 13.6. The first-order chi connectivity index (χ1) is 9.90. The number of carbonyl (C=O) groups is 2. The highest BCUT2D eigenvalue weighted by Gasteiger charge is 2.39. The second kappa shape index (κ2) is 6.43. The quantitative estimate of drug-likeness (QED) is 0.895. The van der Waals surface area contributed by atoms with Gasteiger partial charge in [-0.1, -0.05) is 22.9 Å². The van der Waals surface area contributed by atoms with E-state index in [1.54, 1.807) is 13.0 Å². The minimum absolute atomic E-state index is 0.0364. The number of carboxylic acid groups (broad SMARTS) is 1. The van der Waals surface area contributed by atoms with Crippen LogP contribution in [0.25, 0.3) is 0 Å². The summed E-state index contributed by atoms with van der Waals surface area (Å²) in [4.78, 5) is 24.5. The van der Waals surface area contributed by atoms with Gasteiger partial charge in [0, 0.05) is 11.0 Å². The maximum Gasteiger partial charge on any atom is 0.326 e. The molecule has 7 heteroatoms. The Morgan fingerprint density at radius 2 is 2.24 bits per heavy atom. The number of hydrogen-bond acceptors (Lipinski definition) is 3. The average molecular weight is 360 g/mol. The van der Waals surface area contributed by atoms with Gasteiger partial charge in [0.2, 0.25) is 0 Å². The maximum absolute atomic E-state index is 13.6. The van der Waals surface area contributed by atoms with Crippen molar-refractivity contribution in [2.45, 2.75) is 19.4 Å². The van der Waals surface area contributed by atoms with Crippen LogP contribution in [-0.2, 0) is 9.59 Å². The number of amides is 1. The number of carbonyl (C=O) groups excluding carboxylic acids is 1. The van der Waals surface area contributed by atoms with Crippen molar-refractivity contribution >= 4 is 27.8 Å². The first kappa shape index (κ1) is 15.8. The molecule has 0 saturated carbocycles. The Morgan fingerprint density at radius 1 is 1.52 bits per heavy atom. The normalized spacial score (nSPS) is 21.4. The third-order valence-electron chi connectivity index (χ3n) is 3.52. The molecular formula is C14H15BrFNO4. The third-order valence-corrected chi connectivity index (χ3v) is 4.01. The fourth-order valence-electron chi connectivity index (χ4n) is 2.42. The van der Waals surface area contributed by atoms with E-state index in [1.165, 1.54) is 17.0 Å². The number of aliphatic carboxylic acids is 1. The van der Waals surface area contributed by atoms with Gasteiger partial charge in [-0.15, -0.1) is 0 Å². The fourth-order valence-corrected chi connectivity index (χ4v) is 2.75. The van der Waals surface area contributed by atoms with Crippen LogP contribution >= 0.6 is 15.9 Å². The van der Waals surface area contributed by atoms with Gasteiger partial charge in [0.15, 0.2) is 18.2 Å². The monoisotopic (exact) mass is 359 g/mol. The molecule has 1 N–H and O–H groups in total. The van der Waals surface area contributed by atoms with E-state index in [9.17, 15) is 14.0 Å². The Morgan fingerprint density at radius 3 is 2.86 bits per heavy atom. The van der Waals surface area contributed by atoms with Crippen LogP contribution in [0.4, 0.5) is 4.39 Å². The van der Waals surface area contributed by atoms with E-state index in [2.05, 4.69) is 15.9 Å². The van der Waals surface area contributed by atoms with E-state index in [0.717, 1.165) is 0 Å². The van der Waals surface area contributed by atoms with E-state index in [0.29, 0.717) is 17.4 Å². The zero-order valence-corrected chi connectivity index (χ0v) is 13.0. The van der Waals surface area contributed by atoms with Crippen molar-refractivity contribution in [1.82, 2.24) is 4.90 Å². The summed E-state index contributed by atoms with van der Waals surface area (Å²) in [6.07, 6.45) is 0.634. The second-order valence-electron chi connectivity index (χ2n) is 5.00. The van der Waals surface area contributed by atoms with Gasteiger partial charge in [-0.25, -0.2) is 9.18 Å². The summed E-state index contributed by atoms with van der Waals surface area (Å²) < 4.78 is 19.3. The molecule has 1 amide bonds. The van der Waals surface area contributed by atoms with Gasteiger partial charge in [-0.2, -0.15) is 0 Å². The lowest BCUT2D eigenvalue weighted by molar-refractivity contribution is -0.150. The van der Waals surface area contributed by atoms with Gasteiger partial charge in [0.25, 0.3) is 5.91 Å². The topological polar surface area (TPSA) is 66.8 Å². The molecule has 1 fully saturated rings. The summed E-state index contributed by atoms with van der Waals surface area (Å²) in [5.41, 5.74) is 0. The van der Waals surface area contributed by atoms with Gasteiger partial charge in [-0.05, 0) is 30.5 Å². The summed E-state index contributed by atoms with van der Waals surface area (Å²) in [6, 6.07) is 3.41. The zero-order chi connectivity index (χ0) is 15.6. The van der Waals surface area contributed by atoms with E-state index >= 15 is 0 Å². The first-order valence-corrected chi connectivity index (χ1v) is 7.29. The minimum atomic E-state index is -1.02. The number of likely N-dealkylation sites (tertiary alicyclic amines) is 1. The summed E-state index contributed by atoms with van der Waals surface area (Å²) in [5, 5.41) is 9.16. The molecule has 0 aromatic heterocycles. The molecule has 21 heavy (non-hydrogen) atoms. The lowest BCUT2D eigenvalue weighted by atomic mass is 10.0. The van der Waals surface area contributed by atoms with Crippen molar-refractivity contribution in [1.29, 1.82) is 0 Å². The molecule has 1 aromatic carbocycles. The summed E-state index contributed by atoms with van der Waals surface area (Å²) in [5.74, 6) is -2.19. The number of benzene rings is 1. The third kappa shape index (κ3) is 3.53. The Balaban J connectivity index is 2.00. The highest BCUT2D eigenvalue weighted by atomic mass is 79.9. The molecule has 0 spiro atoms. The lowest BCUT2D eigenvalue weighted by Gasteiger charge is -2.23. The van der Waals surface area contributed by atoms with E-state index in [-0.39, 0.29) is 18.3 Å². The van der Waals surface area contributed by atoms with Crippen molar-refractivity contribution < 1.29 is 23.8 Å². The number of hydrogen-bond donors (Lipinski definition) is 1. The minimum Gasteiger partial charge on any atom is -0.481 e. The average Bonchev–Trinajstić information content (AvgIpc) is 2.79. The van der Waals surface area contributed by atoms with Crippen LogP contribution in [0.15, 0.2) is 22.7 Å². The molecule has 114 valence electrons. The molecule has 5 nitrogen and oxygen atoms in total. The number of halogens is 2. The highest BCUT2D eigenvalue weighted by Crippen LogP contribution is 2.25. The van der Waals surface area contributed by atoms with E-state index in [4.69, 9.17) is 9.84 Å². The van der Waals surface area contributed by atoms with Crippen molar-refractivity contribution in [2.24, 2.45) is 5.92 Å². The number of carboxylic acids is 1. The van der Waals surface area contributed by atoms with Gasteiger partial charge in [0.1, 0.15) is 6.04 Å². The standard InChI is InChI=1S/C14H15BrFNO4/c1-8-4-5-17(13(8)14(19)20)12(18)7-21-11-3-2-9(15)6-10(11)16/h2-3,6,8,13H,4-5,7H2,1H3,(H,19,20). The number of ether oxygens (including phenoxy) is 1. The van der Waals surface area contributed by atoms with Crippen molar-refractivity contribution in [3.05, 3.63) is 28.5 Å². The molecular weight excluding hydrogens is 345 g/mol. The highest BCUT2D eigenvalue weighted by molar-refractivity contribution is 9.10. The molecule has 1 aromatic rings. The molecule has 2 rings (SSSR count). The molecule has 1 heterocycles. The lowest BCUT2D eigenvalue weighted by Crippen LogP contribution is -2.44. The Bertz CT molecular complexity index is 566. The van der Waals surface area contributed by atoms with Gasteiger partial charge in [-0.3, -0.25) is 4.79 Å². The number of rotatable bonds is 4. The van der Waals surface area contributed by atoms with Crippen LogP contribution in [0, 0.1) is 11.7 Å². The SMILES string of the molecule is CC1CCN(C(=O)COc2ccc(Br)cc2F)C1C(=O)O. The summed E-state index contributed by atoms with van der Waals surface area (Å²) in [6.45, 7) is 1.79. The Kier molecular flexibility index (Phi) is 4.82. The van der Waals surface area contributed by atoms with Crippen molar-refractivity contribution in [2.75, 3.05) is 13.2 Å². The van der Waals surface area contributed by atoms with Crippen LogP contribution in [0.2, 0.25) is 0 Å². The van der Waals surface area contributed by atoms with Gasteiger partial charge >= 0.3 is 5.97 Å². The molecule has 1 aliphatic heterocycles. The molecule has 1 aliphatic rings. The zero-order valence-electron chi connectivity index (χ0n) is 11.4. The van der Waals surface area contributed by atoms with E-state index in [1.807, 2.05) is 0 Å². The van der Waals surface area contributed by atoms with Crippen LogP contribution in [0.3, 0.4) is 0 Å².